The third-order valence-electron chi connectivity index (χ3n) is 5.77. The molecule has 4 rings (SSSR count). The summed E-state index contributed by atoms with van der Waals surface area (Å²) in [4.78, 5) is 40.0. The number of fused-ring (bicyclic) bond motifs is 1. The van der Waals surface area contributed by atoms with Crippen molar-refractivity contribution in [2.75, 3.05) is 44.3 Å². The molecule has 0 bridgehead atoms. The molecule has 9 heteroatoms. The minimum atomic E-state index is -0.965. The molecule has 1 aromatic rings. The molecule has 27 heavy (non-hydrogen) atoms. The van der Waals surface area contributed by atoms with Crippen molar-refractivity contribution in [3.8, 4) is 0 Å². The number of anilines is 1. The maximum absolute atomic E-state index is 13.1. The van der Waals surface area contributed by atoms with Gasteiger partial charge in [0.15, 0.2) is 0 Å². The smallest absolute Gasteiger partial charge is 0.321 e. The first-order chi connectivity index (χ1) is 12.9. The van der Waals surface area contributed by atoms with Gasteiger partial charge in [-0.1, -0.05) is 11.6 Å². The van der Waals surface area contributed by atoms with Crippen molar-refractivity contribution in [2.24, 2.45) is 11.3 Å². The summed E-state index contributed by atoms with van der Waals surface area (Å²) >= 11 is 6.26. The minimum Gasteiger partial charge on any atom is -0.481 e. The molecule has 0 radical (unpaired) electrons. The molecule has 1 aromatic carbocycles. The van der Waals surface area contributed by atoms with Crippen LogP contribution in [0.25, 0.3) is 0 Å². The first-order valence-electron chi connectivity index (χ1n) is 8.88. The molecular weight excluding hydrogens is 374 g/mol. The molecule has 0 saturated carbocycles. The molecule has 0 spiro atoms. The number of hydrogen-bond acceptors (Lipinski definition) is 4. The average Bonchev–Trinajstić information content (AvgIpc) is 3.26. The maximum atomic E-state index is 13.1. The summed E-state index contributed by atoms with van der Waals surface area (Å²) in [6, 6.07) is 4.67. The van der Waals surface area contributed by atoms with Gasteiger partial charge < -0.3 is 20.1 Å². The van der Waals surface area contributed by atoms with Gasteiger partial charge in [-0.2, -0.15) is 0 Å². The van der Waals surface area contributed by atoms with E-state index in [1.54, 1.807) is 28.0 Å². The molecule has 3 amide bonds. The van der Waals surface area contributed by atoms with E-state index in [4.69, 9.17) is 16.3 Å². The monoisotopic (exact) mass is 393 g/mol. The van der Waals surface area contributed by atoms with Crippen LogP contribution in [0.1, 0.15) is 16.8 Å². The highest BCUT2D eigenvalue weighted by Crippen LogP contribution is 2.43. The third-order valence-corrected chi connectivity index (χ3v) is 6.10. The Bertz CT molecular complexity index is 816. The number of rotatable bonds is 3. The van der Waals surface area contributed by atoms with Crippen LogP contribution in [0.5, 0.6) is 0 Å². The highest BCUT2D eigenvalue weighted by Gasteiger charge is 2.55. The van der Waals surface area contributed by atoms with Crippen molar-refractivity contribution in [3.63, 3.8) is 0 Å². The average molecular weight is 394 g/mol. The topological polar surface area (TPSA) is 99.2 Å². The zero-order chi connectivity index (χ0) is 19.2. The van der Waals surface area contributed by atoms with Crippen LogP contribution < -0.4 is 10.2 Å². The van der Waals surface area contributed by atoms with Crippen molar-refractivity contribution in [3.05, 3.63) is 28.8 Å². The van der Waals surface area contributed by atoms with Crippen LogP contribution in [0.2, 0.25) is 5.02 Å². The van der Waals surface area contributed by atoms with Gasteiger partial charge in [0.1, 0.15) is 0 Å². The second-order valence-corrected chi connectivity index (χ2v) is 7.62. The van der Waals surface area contributed by atoms with Gasteiger partial charge in [0.05, 0.1) is 22.6 Å². The summed E-state index contributed by atoms with van der Waals surface area (Å²) in [7, 11) is 0. The Morgan fingerprint density at radius 1 is 1.37 bits per heavy atom. The van der Waals surface area contributed by atoms with Crippen LogP contribution >= 0.6 is 11.6 Å². The summed E-state index contributed by atoms with van der Waals surface area (Å²) in [5.74, 6) is -1.45. The number of benzene rings is 1. The van der Waals surface area contributed by atoms with Gasteiger partial charge in [-0.3, -0.25) is 14.5 Å². The van der Waals surface area contributed by atoms with Crippen molar-refractivity contribution >= 4 is 35.2 Å². The maximum Gasteiger partial charge on any atom is 0.321 e. The summed E-state index contributed by atoms with van der Waals surface area (Å²) < 4.78 is 5.44. The number of nitrogens with zero attached hydrogens (tertiary/aromatic N) is 2. The number of hydrogen-bond donors (Lipinski definition) is 2. The molecule has 3 heterocycles. The molecule has 0 aliphatic carbocycles. The fraction of sp³-hybridized carbons (Fsp3) is 0.500. The van der Waals surface area contributed by atoms with Gasteiger partial charge in [0.25, 0.3) is 5.91 Å². The summed E-state index contributed by atoms with van der Waals surface area (Å²) in [6.07, 6.45) is 0.387. The number of urea groups is 1. The van der Waals surface area contributed by atoms with Crippen molar-refractivity contribution in [2.45, 2.75) is 6.42 Å². The molecular formula is C18H20ClN3O5. The number of ether oxygens (including phenoxy) is 1. The fourth-order valence-corrected chi connectivity index (χ4v) is 4.39. The van der Waals surface area contributed by atoms with Gasteiger partial charge in [0.2, 0.25) is 0 Å². The van der Waals surface area contributed by atoms with E-state index < -0.39 is 11.4 Å². The number of aliphatic carboxylic acids is 1. The molecule has 2 N–H and O–H groups in total. The molecule has 3 aliphatic rings. The van der Waals surface area contributed by atoms with Crippen LogP contribution in [-0.4, -0.2) is 67.3 Å². The van der Waals surface area contributed by atoms with E-state index in [0.29, 0.717) is 45.0 Å². The van der Waals surface area contributed by atoms with Gasteiger partial charge >= 0.3 is 12.0 Å². The minimum absolute atomic E-state index is 0.139. The lowest BCUT2D eigenvalue weighted by atomic mass is 9.74. The Labute approximate surface area is 161 Å². The number of carbonyl (C=O) groups excluding carboxylic acids is 2. The van der Waals surface area contributed by atoms with Gasteiger partial charge in [-0.15, -0.1) is 0 Å². The zero-order valence-electron chi connectivity index (χ0n) is 14.6. The lowest BCUT2D eigenvalue weighted by Crippen LogP contribution is -2.45. The molecule has 8 nitrogen and oxygen atoms in total. The number of carboxylic acids is 1. The molecule has 2 atom stereocenters. The molecule has 0 aromatic heterocycles. The lowest BCUT2D eigenvalue weighted by molar-refractivity contribution is -0.157. The standard InChI is InChI=1S/C18H20ClN3O5/c19-14-2-1-12(22-5-4-20-17(22)26)7-13(14)15(23)21-8-11-9-27-6-3-18(11,10-21)16(24)25/h1-2,7,11H,3-6,8-10H2,(H,20,26)(H,24,25)/t11-,18+/m0/s1. The molecule has 3 saturated heterocycles. The van der Waals surface area contributed by atoms with Gasteiger partial charge in [0, 0.05) is 44.4 Å². The summed E-state index contributed by atoms with van der Waals surface area (Å²) in [5.41, 5.74) is -0.105. The fourth-order valence-electron chi connectivity index (χ4n) is 4.19. The summed E-state index contributed by atoms with van der Waals surface area (Å²) in [5, 5.41) is 12.8. The number of amides is 3. The molecule has 144 valence electrons. The Morgan fingerprint density at radius 2 is 2.19 bits per heavy atom. The molecule has 0 unspecified atom stereocenters. The number of carbonyl (C=O) groups is 3. The van der Waals surface area contributed by atoms with Crippen molar-refractivity contribution in [1.82, 2.24) is 10.2 Å². The van der Waals surface area contributed by atoms with E-state index in [0.717, 1.165) is 0 Å². The second kappa shape index (κ2) is 6.69. The van der Waals surface area contributed by atoms with Crippen LogP contribution in [0, 0.1) is 11.3 Å². The first-order valence-corrected chi connectivity index (χ1v) is 9.25. The van der Waals surface area contributed by atoms with E-state index in [1.807, 2.05) is 0 Å². The van der Waals surface area contributed by atoms with Gasteiger partial charge in [-0.05, 0) is 24.6 Å². The highest BCUT2D eigenvalue weighted by atomic mass is 35.5. The van der Waals surface area contributed by atoms with Crippen LogP contribution in [0.4, 0.5) is 10.5 Å². The quantitative estimate of drug-likeness (QED) is 0.809. The summed E-state index contributed by atoms with van der Waals surface area (Å²) in [6.45, 7) is 2.22. The largest absolute Gasteiger partial charge is 0.481 e. The Balaban J connectivity index is 1.61. The van der Waals surface area contributed by atoms with Crippen molar-refractivity contribution in [1.29, 1.82) is 0 Å². The van der Waals surface area contributed by atoms with Crippen LogP contribution in [-0.2, 0) is 9.53 Å². The van der Waals surface area contributed by atoms with Crippen LogP contribution in [0.15, 0.2) is 18.2 Å². The second-order valence-electron chi connectivity index (χ2n) is 7.22. The predicted octanol–water partition coefficient (Wildman–Crippen LogP) is 1.43. The SMILES string of the molecule is O=C(c1cc(N2CCNC2=O)ccc1Cl)N1C[C@H]2COCC[C@@]2(C(=O)O)C1. The number of nitrogens with one attached hydrogen (secondary N) is 1. The van der Waals surface area contributed by atoms with Gasteiger partial charge in [-0.25, -0.2) is 4.79 Å². The van der Waals surface area contributed by atoms with E-state index >= 15 is 0 Å². The normalized spacial score (nSPS) is 27.4. The van der Waals surface area contributed by atoms with Crippen molar-refractivity contribution < 1.29 is 24.2 Å². The number of carboxylic acid groups (broad SMARTS) is 1. The lowest BCUT2D eigenvalue weighted by Gasteiger charge is -2.33. The van der Waals surface area contributed by atoms with E-state index in [1.165, 1.54) is 0 Å². The number of likely N-dealkylation sites (tertiary alicyclic amines) is 1. The van der Waals surface area contributed by atoms with E-state index in [-0.39, 0.29) is 35.0 Å². The molecule has 3 aliphatic heterocycles. The molecule has 3 fully saturated rings. The third kappa shape index (κ3) is 2.93. The highest BCUT2D eigenvalue weighted by molar-refractivity contribution is 6.34. The van der Waals surface area contributed by atoms with E-state index in [9.17, 15) is 19.5 Å². The van der Waals surface area contributed by atoms with E-state index in [2.05, 4.69) is 5.32 Å². The Morgan fingerprint density at radius 3 is 2.85 bits per heavy atom. The number of halogens is 1. The predicted molar refractivity (Wildman–Crippen MR) is 97.1 cm³/mol. The zero-order valence-corrected chi connectivity index (χ0v) is 15.4. The van der Waals surface area contributed by atoms with Crippen LogP contribution in [0.3, 0.4) is 0 Å². The first kappa shape index (κ1) is 18.1. The Kier molecular flexibility index (Phi) is 4.47. The Hall–Kier alpha value is -2.32.